The molecule has 0 spiro atoms. The van der Waals surface area contributed by atoms with Crippen molar-refractivity contribution in [3.8, 4) is 5.69 Å². The summed E-state index contributed by atoms with van der Waals surface area (Å²) in [7, 11) is 0. The molecule has 5 heteroatoms. The second-order valence-electron chi connectivity index (χ2n) is 4.52. The summed E-state index contributed by atoms with van der Waals surface area (Å²) in [6, 6.07) is 8.89. The lowest BCUT2D eigenvalue weighted by molar-refractivity contribution is 0.617. The molecule has 0 unspecified atom stereocenters. The molecule has 0 aliphatic carbocycles. The first-order chi connectivity index (χ1) is 9.06. The number of H-pyrrole nitrogens is 1. The molecule has 3 aromatic rings. The Kier molecular flexibility index (Phi) is 2.71. The van der Waals surface area contributed by atoms with Gasteiger partial charge >= 0.3 is 0 Å². The standard InChI is InChI=1S/C14H12FN3S/c1-8-3-5-10(7-11(8)15)18-13-12(17-14(18)19)6-4-9(2)16-13/h3-7H,1-2H3,(H,17,19). The van der Waals surface area contributed by atoms with Crippen LogP contribution in [0.2, 0.25) is 0 Å². The Hall–Kier alpha value is -2.01. The average Bonchev–Trinajstić information content (AvgIpc) is 2.68. The summed E-state index contributed by atoms with van der Waals surface area (Å²) in [5.41, 5.74) is 3.74. The van der Waals surface area contributed by atoms with Crippen molar-refractivity contribution in [2.45, 2.75) is 13.8 Å². The van der Waals surface area contributed by atoms with Gasteiger partial charge in [-0.1, -0.05) is 6.07 Å². The molecule has 0 atom stereocenters. The van der Waals surface area contributed by atoms with E-state index in [1.54, 1.807) is 17.6 Å². The summed E-state index contributed by atoms with van der Waals surface area (Å²) in [5, 5.41) is 0. The van der Waals surface area contributed by atoms with E-state index in [-0.39, 0.29) is 5.82 Å². The number of benzene rings is 1. The molecule has 2 aromatic heterocycles. The minimum Gasteiger partial charge on any atom is -0.329 e. The Morgan fingerprint density at radius 1 is 1.21 bits per heavy atom. The molecular weight excluding hydrogens is 261 g/mol. The van der Waals surface area contributed by atoms with Crippen molar-refractivity contribution in [1.29, 1.82) is 0 Å². The van der Waals surface area contributed by atoms with Gasteiger partial charge in [0.25, 0.3) is 0 Å². The van der Waals surface area contributed by atoms with Gasteiger partial charge in [-0.25, -0.2) is 9.37 Å². The lowest BCUT2D eigenvalue weighted by atomic mass is 10.2. The van der Waals surface area contributed by atoms with E-state index in [1.165, 1.54) is 6.07 Å². The Morgan fingerprint density at radius 2 is 2.00 bits per heavy atom. The third kappa shape index (κ3) is 1.96. The van der Waals surface area contributed by atoms with Gasteiger partial charge in [0.05, 0.1) is 11.2 Å². The average molecular weight is 273 g/mol. The zero-order valence-corrected chi connectivity index (χ0v) is 11.4. The van der Waals surface area contributed by atoms with E-state index in [9.17, 15) is 4.39 Å². The largest absolute Gasteiger partial charge is 0.329 e. The maximum absolute atomic E-state index is 13.7. The van der Waals surface area contributed by atoms with Crippen LogP contribution in [0.25, 0.3) is 16.9 Å². The molecule has 3 rings (SSSR count). The third-order valence-corrected chi connectivity index (χ3v) is 3.37. The molecule has 0 fully saturated rings. The highest BCUT2D eigenvalue weighted by molar-refractivity contribution is 7.71. The molecule has 1 N–H and O–H groups in total. The van der Waals surface area contributed by atoms with Crippen LogP contribution in [0.3, 0.4) is 0 Å². The molecule has 3 nitrogen and oxygen atoms in total. The van der Waals surface area contributed by atoms with Crippen molar-refractivity contribution >= 4 is 23.4 Å². The van der Waals surface area contributed by atoms with Crippen LogP contribution in [0.4, 0.5) is 4.39 Å². The Bertz CT molecular complexity index is 832. The number of nitrogens with one attached hydrogen (secondary N) is 1. The Morgan fingerprint density at radius 3 is 2.74 bits per heavy atom. The van der Waals surface area contributed by atoms with Crippen molar-refractivity contribution in [2.24, 2.45) is 0 Å². The second-order valence-corrected chi connectivity index (χ2v) is 4.91. The molecule has 96 valence electrons. The zero-order chi connectivity index (χ0) is 13.6. The highest BCUT2D eigenvalue weighted by atomic mass is 32.1. The molecule has 0 saturated heterocycles. The van der Waals surface area contributed by atoms with Gasteiger partial charge in [-0.15, -0.1) is 0 Å². The summed E-state index contributed by atoms with van der Waals surface area (Å²) in [5.74, 6) is -0.249. The monoisotopic (exact) mass is 273 g/mol. The summed E-state index contributed by atoms with van der Waals surface area (Å²) >= 11 is 5.30. The molecule has 0 amide bonds. The van der Waals surface area contributed by atoms with Gasteiger partial charge < -0.3 is 4.98 Å². The van der Waals surface area contributed by atoms with E-state index in [1.807, 2.05) is 25.1 Å². The summed E-state index contributed by atoms with van der Waals surface area (Å²) < 4.78 is 16.0. The lowest BCUT2D eigenvalue weighted by Crippen LogP contribution is -1.97. The molecule has 0 bridgehead atoms. The second kappa shape index (κ2) is 4.28. The van der Waals surface area contributed by atoms with Gasteiger partial charge in [0, 0.05) is 5.69 Å². The summed E-state index contributed by atoms with van der Waals surface area (Å²) in [4.78, 5) is 7.55. The van der Waals surface area contributed by atoms with Crippen molar-refractivity contribution < 1.29 is 4.39 Å². The van der Waals surface area contributed by atoms with Crippen molar-refractivity contribution in [3.05, 3.63) is 52.2 Å². The number of rotatable bonds is 1. The maximum Gasteiger partial charge on any atom is 0.183 e. The van der Waals surface area contributed by atoms with Gasteiger partial charge in [-0.05, 0) is 55.9 Å². The van der Waals surface area contributed by atoms with E-state index in [0.29, 0.717) is 21.7 Å². The van der Waals surface area contributed by atoms with Gasteiger partial charge in [0.1, 0.15) is 5.82 Å². The van der Waals surface area contributed by atoms with Gasteiger partial charge in [0.2, 0.25) is 0 Å². The minimum atomic E-state index is -0.249. The van der Waals surface area contributed by atoms with Crippen LogP contribution in [0.1, 0.15) is 11.3 Å². The quantitative estimate of drug-likeness (QED) is 0.683. The minimum absolute atomic E-state index is 0.249. The molecule has 1 aromatic carbocycles. The highest BCUT2D eigenvalue weighted by Gasteiger charge is 2.09. The number of aromatic amines is 1. The fraction of sp³-hybridized carbons (Fsp3) is 0.143. The number of nitrogens with zero attached hydrogens (tertiary/aromatic N) is 2. The molecule has 0 radical (unpaired) electrons. The number of aryl methyl sites for hydroxylation is 2. The number of fused-ring (bicyclic) bond motifs is 1. The predicted molar refractivity (Wildman–Crippen MR) is 75.7 cm³/mol. The fourth-order valence-electron chi connectivity index (χ4n) is 2.04. The van der Waals surface area contributed by atoms with E-state index < -0.39 is 0 Å². The van der Waals surface area contributed by atoms with Crippen LogP contribution in [0, 0.1) is 24.4 Å². The highest BCUT2D eigenvalue weighted by Crippen LogP contribution is 2.20. The number of imidazole rings is 1. The van der Waals surface area contributed by atoms with E-state index in [2.05, 4.69) is 9.97 Å². The molecule has 19 heavy (non-hydrogen) atoms. The normalized spacial score (nSPS) is 11.1. The topological polar surface area (TPSA) is 33.6 Å². The van der Waals surface area contributed by atoms with Crippen LogP contribution in [-0.2, 0) is 0 Å². The smallest absolute Gasteiger partial charge is 0.183 e. The summed E-state index contributed by atoms with van der Waals surface area (Å²) in [6.45, 7) is 3.64. The number of hydrogen-bond donors (Lipinski definition) is 1. The predicted octanol–water partition coefficient (Wildman–Crippen LogP) is 3.84. The Labute approximate surface area is 114 Å². The van der Waals surface area contributed by atoms with Crippen molar-refractivity contribution in [2.75, 3.05) is 0 Å². The summed E-state index contributed by atoms with van der Waals surface area (Å²) in [6.07, 6.45) is 0. The number of halogens is 1. The van der Waals surface area contributed by atoms with Gasteiger partial charge in [0.15, 0.2) is 10.4 Å². The number of hydrogen-bond acceptors (Lipinski definition) is 2. The van der Waals surface area contributed by atoms with Crippen LogP contribution in [0.15, 0.2) is 30.3 Å². The van der Waals surface area contributed by atoms with E-state index >= 15 is 0 Å². The fourth-order valence-corrected chi connectivity index (χ4v) is 2.34. The molecule has 2 heterocycles. The van der Waals surface area contributed by atoms with Crippen molar-refractivity contribution in [1.82, 2.24) is 14.5 Å². The lowest BCUT2D eigenvalue weighted by Gasteiger charge is -2.05. The van der Waals surface area contributed by atoms with Crippen LogP contribution < -0.4 is 0 Å². The molecule has 0 aliphatic rings. The SMILES string of the molecule is Cc1ccc2[nH]c(=S)n(-c3ccc(C)c(F)c3)c2n1. The van der Waals surface area contributed by atoms with Crippen LogP contribution >= 0.6 is 12.2 Å². The first kappa shape index (κ1) is 12.0. The van der Waals surface area contributed by atoms with E-state index in [0.717, 1.165) is 11.2 Å². The zero-order valence-electron chi connectivity index (χ0n) is 10.6. The van der Waals surface area contributed by atoms with Gasteiger partial charge in [-0.3, -0.25) is 4.57 Å². The first-order valence-corrected chi connectivity index (χ1v) is 6.32. The molecule has 0 aliphatic heterocycles. The third-order valence-electron chi connectivity index (χ3n) is 3.08. The van der Waals surface area contributed by atoms with Crippen molar-refractivity contribution in [3.63, 3.8) is 0 Å². The van der Waals surface area contributed by atoms with E-state index in [4.69, 9.17) is 12.2 Å². The number of pyridine rings is 1. The molecular formula is C14H12FN3S. The van der Waals surface area contributed by atoms with Gasteiger partial charge in [-0.2, -0.15) is 0 Å². The van der Waals surface area contributed by atoms with Crippen LogP contribution in [0.5, 0.6) is 0 Å². The maximum atomic E-state index is 13.7. The van der Waals surface area contributed by atoms with Crippen LogP contribution in [-0.4, -0.2) is 14.5 Å². The Balaban J connectivity index is 2.35. The first-order valence-electron chi connectivity index (χ1n) is 5.91. The number of aromatic nitrogens is 3. The molecule has 0 saturated carbocycles.